The first-order chi connectivity index (χ1) is 14.6. The SMILES string of the molecule is O=C1CCC(N2C(=O)c3ccc(CNC4(C(F)(F)F)CCNCC4)cc3C2=O)C(=O)N1. The smallest absolute Gasteiger partial charge is 0.317 e. The molecule has 2 saturated heterocycles. The molecule has 0 spiro atoms. The van der Waals surface area contributed by atoms with Crippen LogP contribution in [0.4, 0.5) is 13.2 Å². The maximum atomic E-state index is 13.7. The Labute approximate surface area is 175 Å². The summed E-state index contributed by atoms with van der Waals surface area (Å²) in [6, 6.07) is 3.19. The molecule has 2 fully saturated rings. The Bertz CT molecular complexity index is 956. The molecular weight excluding hydrogens is 417 g/mol. The monoisotopic (exact) mass is 438 g/mol. The molecule has 11 heteroatoms. The summed E-state index contributed by atoms with van der Waals surface area (Å²) in [5.41, 5.74) is -1.46. The number of amides is 4. The molecule has 3 heterocycles. The fourth-order valence-corrected chi connectivity index (χ4v) is 4.31. The highest BCUT2D eigenvalue weighted by Gasteiger charge is 2.54. The van der Waals surface area contributed by atoms with Crippen molar-refractivity contribution in [3.63, 3.8) is 0 Å². The van der Waals surface area contributed by atoms with Crippen LogP contribution >= 0.6 is 0 Å². The van der Waals surface area contributed by atoms with Gasteiger partial charge in [0, 0.05) is 13.0 Å². The minimum Gasteiger partial charge on any atom is -0.317 e. The minimum atomic E-state index is -4.43. The molecule has 3 aliphatic heterocycles. The summed E-state index contributed by atoms with van der Waals surface area (Å²) in [7, 11) is 0. The maximum Gasteiger partial charge on any atom is 0.406 e. The van der Waals surface area contributed by atoms with Gasteiger partial charge in [-0.25, -0.2) is 0 Å². The van der Waals surface area contributed by atoms with Gasteiger partial charge in [-0.3, -0.25) is 34.7 Å². The summed E-state index contributed by atoms with van der Waals surface area (Å²) < 4.78 is 41.1. The molecule has 0 bridgehead atoms. The lowest BCUT2D eigenvalue weighted by molar-refractivity contribution is -0.204. The van der Waals surface area contributed by atoms with Crippen molar-refractivity contribution < 1.29 is 32.3 Å². The van der Waals surface area contributed by atoms with E-state index in [0.717, 1.165) is 4.90 Å². The van der Waals surface area contributed by atoms with Gasteiger partial charge in [0.15, 0.2) is 0 Å². The number of rotatable bonds is 4. The Hall–Kier alpha value is -2.79. The number of carbonyl (C=O) groups is 4. The predicted molar refractivity (Wildman–Crippen MR) is 101 cm³/mol. The van der Waals surface area contributed by atoms with Gasteiger partial charge in [-0.15, -0.1) is 0 Å². The number of carbonyl (C=O) groups excluding carboxylic acids is 4. The third-order valence-electron chi connectivity index (χ3n) is 6.13. The van der Waals surface area contributed by atoms with Crippen molar-refractivity contribution in [1.29, 1.82) is 0 Å². The maximum absolute atomic E-state index is 13.7. The highest BCUT2D eigenvalue weighted by Crippen LogP contribution is 2.37. The highest BCUT2D eigenvalue weighted by molar-refractivity contribution is 6.23. The summed E-state index contributed by atoms with van der Waals surface area (Å²) in [5.74, 6) is -2.53. The molecule has 1 unspecified atom stereocenters. The largest absolute Gasteiger partial charge is 0.406 e. The fraction of sp³-hybridized carbons (Fsp3) is 0.500. The summed E-state index contributed by atoms with van der Waals surface area (Å²) in [6.45, 7) is 0.349. The molecule has 0 saturated carbocycles. The summed E-state index contributed by atoms with van der Waals surface area (Å²) in [6.07, 6.45) is -4.61. The molecule has 0 aromatic heterocycles. The number of nitrogens with one attached hydrogen (secondary N) is 3. The van der Waals surface area contributed by atoms with Crippen LogP contribution < -0.4 is 16.0 Å². The van der Waals surface area contributed by atoms with E-state index in [9.17, 15) is 32.3 Å². The van der Waals surface area contributed by atoms with Gasteiger partial charge in [0.25, 0.3) is 11.8 Å². The summed E-state index contributed by atoms with van der Waals surface area (Å²) in [4.78, 5) is 49.8. The molecule has 1 atom stereocenters. The van der Waals surface area contributed by atoms with Gasteiger partial charge >= 0.3 is 6.18 Å². The Morgan fingerprint density at radius 1 is 1.06 bits per heavy atom. The topological polar surface area (TPSA) is 108 Å². The number of benzene rings is 1. The van der Waals surface area contributed by atoms with Gasteiger partial charge in [0.2, 0.25) is 11.8 Å². The molecule has 0 radical (unpaired) electrons. The van der Waals surface area contributed by atoms with Crippen LogP contribution in [-0.2, 0) is 16.1 Å². The predicted octanol–water partition coefficient (Wildman–Crippen LogP) is 0.862. The zero-order chi connectivity index (χ0) is 22.4. The lowest BCUT2D eigenvalue weighted by Crippen LogP contribution is -2.61. The average Bonchev–Trinajstić information content (AvgIpc) is 2.97. The van der Waals surface area contributed by atoms with Gasteiger partial charge < -0.3 is 5.32 Å². The first-order valence-electron chi connectivity index (χ1n) is 10.00. The van der Waals surface area contributed by atoms with Crippen LogP contribution in [0.1, 0.15) is 52.0 Å². The van der Waals surface area contributed by atoms with Crippen molar-refractivity contribution in [2.24, 2.45) is 0 Å². The lowest BCUT2D eigenvalue weighted by atomic mass is 9.87. The molecule has 1 aromatic rings. The van der Waals surface area contributed by atoms with Crippen LogP contribution in [0.3, 0.4) is 0 Å². The minimum absolute atomic E-state index is 0.00731. The number of piperidine rings is 2. The molecule has 166 valence electrons. The number of fused-ring (bicyclic) bond motifs is 1. The van der Waals surface area contributed by atoms with E-state index < -0.39 is 41.4 Å². The number of hydrogen-bond acceptors (Lipinski definition) is 6. The Balaban J connectivity index is 1.53. The third kappa shape index (κ3) is 3.72. The van der Waals surface area contributed by atoms with Crippen LogP contribution in [0.15, 0.2) is 18.2 Å². The normalized spacial score (nSPS) is 23.7. The first kappa shape index (κ1) is 21.4. The second kappa shape index (κ2) is 7.72. The van der Waals surface area contributed by atoms with Crippen molar-refractivity contribution in [3.05, 3.63) is 34.9 Å². The van der Waals surface area contributed by atoms with Gasteiger partial charge in [-0.2, -0.15) is 13.2 Å². The second-order valence-electron chi connectivity index (χ2n) is 8.01. The van der Waals surface area contributed by atoms with E-state index in [-0.39, 0.29) is 56.4 Å². The van der Waals surface area contributed by atoms with E-state index in [1.807, 2.05) is 0 Å². The van der Waals surface area contributed by atoms with E-state index in [2.05, 4.69) is 16.0 Å². The third-order valence-corrected chi connectivity index (χ3v) is 6.13. The number of hydrogen-bond donors (Lipinski definition) is 3. The van der Waals surface area contributed by atoms with Crippen LogP contribution in [0.25, 0.3) is 0 Å². The van der Waals surface area contributed by atoms with E-state index in [1.165, 1.54) is 18.2 Å². The standard InChI is InChI=1S/C20H21F3N4O4/c21-20(22,23)19(5-7-24-8-6-19)25-10-11-1-2-12-13(9-11)18(31)27(17(12)30)14-3-4-15(28)26-16(14)29/h1-2,9,14,24-25H,3-8,10H2,(H,26,28,29). The number of imide groups is 2. The molecular formula is C20H21F3N4O4. The Kier molecular flexibility index (Phi) is 5.34. The quantitative estimate of drug-likeness (QED) is 0.602. The van der Waals surface area contributed by atoms with Crippen LogP contribution in [0.5, 0.6) is 0 Å². The zero-order valence-corrected chi connectivity index (χ0v) is 16.5. The van der Waals surface area contributed by atoms with Crippen molar-refractivity contribution >= 4 is 23.6 Å². The van der Waals surface area contributed by atoms with Gasteiger partial charge in [0.05, 0.1) is 11.1 Å². The molecule has 3 aliphatic rings. The Morgan fingerprint density at radius 3 is 2.39 bits per heavy atom. The molecule has 4 amide bonds. The van der Waals surface area contributed by atoms with Crippen molar-refractivity contribution in [2.45, 2.75) is 50.0 Å². The van der Waals surface area contributed by atoms with Crippen molar-refractivity contribution in [3.8, 4) is 0 Å². The lowest BCUT2D eigenvalue weighted by Gasteiger charge is -2.40. The summed E-state index contributed by atoms with van der Waals surface area (Å²) in [5, 5.41) is 7.65. The number of halogens is 3. The van der Waals surface area contributed by atoms with Crippen LogP contribution in [0.2, 0.25) is 0 Å². The first-order valence-corrected chi connectivity index (χ1v) is 10.00. The number of alkyl halides is 3. The van der Waals surface area contributed by atoms with Gasteiger partial charge in [-0.05, 0) is 50.0 Å². The second-order valence-corrected chi connectivity index (χ2v) is 8.01. The van der Waals surface area contributed by atoms with E-state index in [4.69, 9.17) is 0 Å². The van der Waals surface area contributed by atoms with Gasteiger partial charge in [0.1, 0.15) is 11.6 Å². The van der Waals surface area contributed by atoms with E-state index in [1.54, 1.807) is 0 Å². The van der Waals surface area contributed by atoms with Crippen molar-refractivity contribution in [1.82, 2.24) is 20.9 Å². The number of nitrogens with zero attached hydrogens (tertiary/aromatic N) is 1. The average molecular weight is 438 g/mol. The molecule has 3 N–H and O–H groups in total. The van der Waals surface area contributed by atoms with Crippen molar-refractivity contribution in [2.75, 3.05) is 13.1 Å². The molecule has 4 rings (SSSR count). The van der Waals surface area contributed by atoms with Gasteiger partial charge in [-0.1, -0.05) is 6.07 Å². The molecule has 0 aliphatic carbocycles. The van der Waals surface area contributed by atoms with Crippen LogP contribution in [0, 0.1) is 0 Å². The summed E-state index contributed by atoms with van der Waals surface area (Å²) >= 11 is 0. The van der Waals surface area contributed by atoms with E-state index >= 15 is 0 Å². The van der Waals surface area contributed by atoms with E-state index in [0.29, 0.717) is 5.56 Å². The fourth-order valence-electron chi connectivity index (χ4n) is 4.31. The molecule has 31 heavy (non-hydrogen) atoms. The van der Waals surface area contributed by atoms with Crippen LogP contribution in [-0.4, -0.2) is 59.4 Å². The highest BCUT2D eigenvalue weighted by atomic mass is 19.4. The zero-order valence-electron chi connectivity index (χ0n) is 16.5. The Morgan fingerprint density at radius 2 is 1.74 bits per heavy atom. The molecule has 1 aromatic carbocycles. The molecule has 8 nitrogen and oxygen atoms in total.